The average Bonchev–Trinajstić information content (AvgIpc) is 2.47. The van der Waals surface area contributed by atoms with Crippen LogP contribution < -0.4 is 5.32 Å². The zero-order chi connectivity index (χ0) is 15.2. The minimum Gasteiger partial charge on any atom is -0.370 e. The maximum Gasteiger partial charge on any atom is 0.242 e. The number of rotatable bonds is 6. The Morgan fingerprint density at radius 1 is 1.19 bits per heavy atom. The third-order valence-corrected chi connectivity index (χ3v) is 3.45. The first-order valence-electron chi connectivity index (χ1n) is 7.39. The summed E-state index contributed by atoms with van der Waals surface area (Å²) in [5.41, 5.74) is 0.935. The Hall–Kier alpha value is -2.11. The average molecular weight is 290 g/mol. The number of carbonyl (C=O) groups excluding carboxylic acids is 2. The van der Waals surface area contributed by atoms with Crippen molar-refractivity contribution in [1.82, 2.24) is 14.8 Å². The number of pyridine rings is 1. The first-order chi connectivity index (χ1) is 10.2. The van der Waals surface area contributed by atoms with Crippen molar-refractivity contribution < 1.29 is 9.59 Å². The van der Waals surface area contributed by atoms with Crippen LogP contribution in [0.15, 0.2) is 18.3 Å². The van der Waals surface area contributed by atoms with Gasteiger partial charge in [0.15, 0.2) is 0 Å². The van der Waals surface area contributed by atoms with E-state index < -0.39 is 0 Å². The van der Waals surface area contributed by atoms with E-state index in [2.05, 4.69) is 10.3 Å². The van der Waals surface area contributed by atoms with Crippen LogP contribution in [0.5, 0.6) is 0 Å². The molecule has 1 aromatic heterocycles. The second kappa shape index (κ2) is 7.06. The molecule has 1 N–H and O–H groups in total. The minimum atomic E-state index is -0.00523. The molecule has 0 atom stereocenters. The highest BCUT2D eigenvalue weighted by Gasteiger charge is 2.29. The van der Waals surface area contributed by atoms with Crippen LogP contribution in [0.2, 0.25) is 0 Å². The van der Waals surface area contributed by atoms with Gasteiger partial charge in [0.05, 0.1) is 6.54 Å². The van der Waals surface area contributed by atoms with Crippen LogP contribution in [0.1, 0.15) is 25.8 Å². The highest BCUT2D eigenvalue weighted by atomic mass is 16.2. The Balaban J connectivity index is 2.07. The van der Waals surface area contributed by atoms with Gasteiger partial charge in [-0.1, -0.05) is 13.0 Å². The molecule has 1 aliphatic heterocycles. The molecule has 1 aromatic rings. The molecular formula is C15H22N4O2. The lowest BCUT2D eigenvalue weighted by Crippen LogP contribution is -2.53. The normalized spacial score (nSPS) is 15.5. The third kappa shape index (κ3) is 3.71. The van der Waals surface area contributed by atoms with Crippen molar-refractivity contribution in [2.45, 2.75) is 26.8 Å². The van der Waals surface area contributed by atoms with Crippen molar-refractivity contribution in [1.29, 1.82) is 0 Å². The smallest absolute Gasteiger partial charge is 0.242 e. The summed E-state index contributed by atoms with van der Waals surface area (Å²) in [5.74, 6) is 0.788. The van der Waals surface area contributed by atoms with E-state index in [-0.39, 0.29) is 24.9 Å². The van der Waals surface area contributed by atoms with Crippen molar-refractivity contribution in [3.63, 3.8) is 0 Å². The number of aromatic nitrogens is 1. The van der Waals surface area contributed by atoms with E-state index in [0.29, 0.717) is 13.1 Å². The molecule has 2 heterocycles. The number of piperazine rings is 1. The second-order valence-corrected chi connectivity index (χ2v) is 5.11. The Bertz CT molecular complexity index is 518. The summed E-state index contributed by atoms with van der Waals surface area (Å²) in [6, 6.07) is 3.77. The van der Waals surface area contributed by atoms with Gasteiger partial charge in [-0.25, -0.2) is 4.98 Å². The summed E-state index contributed by atoms with van der Waals surface area (Å²) in [6.07, 6.45) is 2.58. The molecule has 6 heteroatoms. The molecule has 1 fully saturated rings. The van der Waals surface area contributed by atoms with Gasteiger partial charge < -0.3 is 15.1 Å². The zero-order valence-corrected chi connectivity index (χ0v) is 12.6. The third-order valence-electron chi connectivity index (χ3n) is 3.45. The molecule has 0 aromatic carbocycles. The van der Waals surface area contributed by atoms with Gasteiger partial charge in [0.1, 0.15) is 12.4 Å². The van der Waals surface area contributed by atoms with Gasteiger partial charge in [-0.3, -0.25) is 9.59 Å². The minimum absolute atomic E-state index is 0.00523. The number of hydrogen-bond donors (Lipinski definition) is 1. The van der Waals surface area contributed by atoms with Crippen molar-refractivity contribution in [3.05, 3.63) is 23.9 Å². The van der Waals surface area contributed by atoms with Crippen LogP contribution >= 0.6 is 0 Å². The lowest BCUT2D eigenvalue weighted by molar-refractivity contribution is -0.150. The molecule has 2 rings (SSSR count). The lowest BCUT2D eigenvalue weighted by atomic mass is 10.2. The molecule has 0 aliphatic carbocycles. The van der Waals surface area contributed by atoms with E-state index >= 15 is 0 Å². The second-order valence-electron chi connectivity index (χ2n) is 5.11. The first kappa shape index (κ1) is 15.3. The quantitative estimate of drug-likeness (QED) is 0.852. The first-order valence-corrected chi connectivity index (χ1v) is 7.39. The largest absolute Gasteiger partial charge is 0.370 e. The molecule has 6 nitrogen and oxygen atoms in total. The van der Waals surface area contributed by atoms with E-state index in [1.165, 1.54) is 0 Å². The van der Waals surface area contributed by atoms with Crippen LogP contribution in [-0.2, 0) is 16.1 Å². The van der Waals surface area contributed by atoms with Gasteiger partial charge in [-0.2, -0.15) is 0 Å². The van der Waals surface area contributed by atoms with Gasteiger partial charge in [-0.05, 0) is 19.4 Å². The highest BCUT2D eigenvalue weighted by Crippen LogP contribution is 2.16. The summed E-state index contributed by atoms with van der Waals surface area (Å²) in [7, 11) is 0. The van der Waals surface area contributed by atoms with Gasteiger partial charge in [0.2, 0.25) is 11.8 Å². The van der Waals surface area contributed by atoms with Crippen LogP contribution in [0.3, 0.4) is 0 Å². The van der Waals surface area contributed by atoms with Crippen LogP contribution in [-0.4, -0.2) is 52.8 Å². The zero-order valence-electron chi connectivity index (χ0n) is 12.6. The number of nitrogens with zero attached hydrogens (tertiary/aromatic N) is 3. The van der Waals surface area contributed by atoms with Crippen LogP contribution in [0, 0.1) is 0 Å². The molecule has 21 heavy (non-hydrogen) atoms. The van der Waals surface area contributed by atoms with E-state index in [9.17, 15) is 9.59 Å². The molecule has 0 unspecified atom stereocenters. The number of nitrogens with one attached hydrogen (secondary N) is 1. The van der Waals surface area contributed by atoms with Crippen molar-refractivity contribution in [2.24, 2.45) is 0 Å². The fourth-order valence-electron chi connectivity index (χ4n) is 2.42. The van der Waals surface area contributed by atoms with E-state index in [1.54, 1.807) is 16.0 Å². The Kier molecular flexibility index (Phi) is 5.14. The van der Waals surface area contributed by atoms with Gasteiger partial charge in [-0.15, -0.1) is 0 Å². The van der Waals surface area contributed by atoms with Gasteiger partial charge >= 0.3 is 0 Å². The predicted octanol–water partition coefficient (Wildman–Crippen LogP) is 1.09. The summed E-state index contributed by atoms with van der Waals surface area (Å²) < 4.78 is 0. The fraction of sp³-hybridized carbons (Fsp3) is 0.533. The SMILES string of the molecule is CCCN1CC(=O)N(Cc2cccnc2NCC)CC1=O. The summed E-state index contributed by atoms with van der Waals surface area (Å²) in [6.45, 7) is 6.16. The molecule has 0 radical (unpaired) electrons. The molecular weight excluding hydrogens is 268 g/mol. The molecule has 0 spiro atoms. The topological polar surface area (TPSA) is 65.5 Å². The summed E-state index contributed by atoms with van der Waals surface area (Å²) in [5, 5.41) is 3.18. The van der Waals surface area contributed by atoms with Crippen molar-refractivity contribution >= 4 is 17.6 Å². The number of anilines is 1. The van der Waals surface area contributed by atoms with Crippen molar-refractivity contribution in [2.75, 3.05) is 31.5 Å². The molecule has 0 bridgehead atoms. The van der Waals surface area contributed by atoms with Gasteiger partial charge in [0, 0.05) is 31.4 Å². The maximum absolute atomic E-state index is 12.2. The fourth-order valence-corrected chi connectivity index (χ4v) is 2.42. The molecule has 1 saturated heterocycles. The number of amides is 2. The molecule has 1 aliphatic rings. The molecule has 0 saturated carbocycles. The van der Waals surface area contributed by atoms with Crippen LogP contribution in [0.4, 0.5) is 5.82 Å². The number of carbonyl (C=O) groups is 2. The standard InChI is InChI=1S/C15H22N4O2/c1-3-8-18-10-14(21)19(11-13(18)20)9-12-6-5-7-17-15(12)16-4-2/h5-7H,3-4,8-11H2,1-2H3,(H,16,17). The van der Waals surface area contributed by atoms with E-state index in [4.69, 9.17) is 0 Å². The van der Waals surface area contributed by atoms with Gasteiger partial charge in [0.25, 0.3) is 0 Å². The highest BCUT2D eigenvalue weighted by molar-refractivity contribution is 5.92. The predicted molar refractivity (Wildman–Crippen MR) is 80.7 cm³/mol. The van der Waals surface area contributed by atoms with Crippen LogP contribution in [0.25, 0.3) is 0 Å². The molecule has 114 valence electrons. The number of hydrogen-bond acceptors (Lipinski definition) is 4. The monoisotopic (exact) mass is 290 g/mol. The lowest BCUT2D eigenvalue weighted by Gasteiger charge is -2.34. The van der Waals surface area contributed by atoms with E-state index in [0.717, 1.165) is 24.3 Å². The summed E-state index contributed by atoms with van der Waals surface area (Å²) in [4.78, 5) is 31.7. The molecule has 2 amide bonds. The maximum atomic E-state index is 12.2. The van der Waals surface area contributed by atoms with E-state index in [1.807, 2.05) is 26.0 Å². The Labute approximate surface area is 125 Å². The van der Waals surface area contributed by atoms with Crippen molar-refractivity contribution in [3.8, 4) is 0 Å². The summed E-state index contributed by atoms with van der Waals surface area (Å²) >= 11 is 0. The Morgan fingerprint density at radius 2 is 1.90 bits per heavy atom. The Morgan fingerprint density at radius 3 is 2.62 bits per heavy atom.